The van der Waals surface area contributed by atoms with Crippen molar-refractivity contribution < 1.29 is 17.9 Å². The number of ether oxygens (including phenoxy) is 1. The Balaban J connectivity index is 1.66. The van der Waals surface area contributed by atoms with Crippen LogP contribution in [0, 0.1) is 11.3 Å². The molecule has 182 valence electrons. The minimum atomic E-state index is -4.13. The number of aromatic nitrogens is 2. The average molecular weight is 495 g/mol. The fourth-order valence-corrected chi connectivity index (χ4v) is 5.21. The number of carbonyl (C=O) groups is 1. The summed E-state index contributed by atoms with van der Waals surface area (Å²) in [5.41, 5.74) is 1.61. The number of morpholine rings is 1. The van der Waals surface area contributed by atoms with Crippen LogP contribution in [-0.4, -0.2) is 68.6 Å². The van der Waals surface area contributed by atoms with E-state index in [1.807, 2.05) is 12.1 Å². The zero-order valence-corrected chi connectivity index (χ0v) is 20.1. The normalized spacial score (nSPS) is 15.3. The number of nitrogens with zero attached hydrogens (tertiary/aromatic N) is 4. The summed E-state index contributed by atoms with van der Waals surface area (Å²) in [6.45, 7) is 5.58. The van der Waals surface area contributed by atoms with Gasteiger partial charge < -0.3 is 15.4 Å². The first-order chi connectivity index (χ1) is 16.9. The van der Waals surface area contributed by atoms with E-state index in [1.165, 1.54) is 31.2 Å². The summed E-state index contributed by atoms with van der Waals surface area (Å²) in [6, 6.07) is 14.7. The molecule has 0 saturated carbocycles. The van der Waals surface area contributed by atoms with E-state index in [0.717, 1.165) is 13.1 Å². The van der Waals surface area contributed by atoms with E-state index in [-0.39, 0.29) is 22.3 Å². The average Bonchev–Trinajstić information content (AvgIpc) is 2.85. The summed E-state index contributed by atoms with van der Waals surface area (Å²) < 4.78 is 32.3. The molecule has 1 fully saturated rings. The van der Waals surface area contributed by atoms with Crippen LogP contribution in [0.4, 0.5) is 11.5 Å². The van der Waals surface area contributed by atoms with Crippen molar-refractivity contribution in [3.63, 3.8) is 0 Å². The number of hydrogen-bond donors (Lipinski definition) is 2. The Bertz CT molecular complexity index is 1350. The molecule has 2 N–H and O–H groups in total. The fraction of sp³-hybridized carbons (Fsp3) is 0.333. The molecule has 2 aromatic carbocycles. The van der Waals surface area contributed by atoms with Crippen molar-refractivity contribution in [3.8, 4) is 6.07 Å². The van der Waals surface area contributed by atoms with E-state index >= 15 is 0 Å². The van der Waals surface area contributed by atoms with Gasteiger partial charge in [0.05, 0.1) is 35.2 Å². The van der Waals surface area contributed by atoms with E-state index in [4.69, 9.17) is 4.74 Å². The highest BCUT2D eigenvalue weighted by molar-refractivity contribution is 7.92. The predicted molar refractivity (Wildman–Crippen MR) is 132 cm³/mol. The Morgan fingerprint density at radius 3 is 2.40 bits per heavy atom. The number of nitriles is 1. The molecule has 1 unspecified atom stereocenters. The first-order valence-corrected chi connectivity index (χ1v) is 12.7. The fourth-order valence-electron chi connectivity index (χ4n) is 3.83. The molecule has 3 aromatic rings. The molecule has 1 atom stereocenters. The van der Waals surface area contributed by atoms with Crippen molar-refractivity contribution in [2.75, 3.05) is 50.0 Å². The number of carbonyl (C=O) groups excluding carboxylic acids is 1. The zero-order valence-electron chi connectivity index (χ0n) is 19.3. The molecule has 4 rings (SSSR count). The van der Waals surface area contributed by atoms with E-state index in [2.05, 4.69) is 25.5 Å². The summed E-state index contributed by atoms with van der Waals surface area (Å²) in [5, 5.41) is 14.2. The van der Waals surface area contributed by atoms with Crippen LogP contribution in [-0.2, 0) is 19.4 Å². The Labute approximate surface area is 203 Å². The van der Waals surface area contributed by atoms with Crippen LogP contribution in [0.5, 0.6) is 0 Å². The van der Waals surface area contributed by atoms with Crippen molar-refractivity contribution in [1.82, 2.24) is 14.9 Å². The van der Waals surface area contributed by atoms with Gasteiger partial charge in [0.15, 0.2) is 11.1 Å². The van der Waals surface area contributed by atoms with Gasteiger partial charge >= 0.3 is 0 Å². The lowest BCUT2D eigenvalue weighted by atomic mass is 10.2. The molecule has 2 heterocycles. The minimum Gasteiger partial charge on any atom is -0.379 e. The molecule has 1 aromatic heterocycles. The van der Waals surface area contributed by atoms with Gasteiger partial charge in [0.1, 0.15) is 5.69 Å². The summed E-state index contributed by atoms with van der Waals surface area (Å²) in [6.07, 6.45) is 0. The van der Waals surface area contributed by atoms with Crippen LogP contribution in [0.1, 0.15) is 17.9 Å². The van der Waals surface area contributed by atoms with Gasteiger partial charge in [-0.2, -0.15) is 5.26 Å². The first kappa shape index (κ1) is 24.5. The second-order valence-corrected chi connectivity index (χ2v) is 10.1. The maximum atomic E-state index is 13.5. The number of sulfone groups is 1. The van der Waals surface area contributed by atoms with Crippen LogP contribution in [0.15, 0.2) is 53.4 Å². The highest BCUT2D eigenvalue weighted by atomic mass is 32.2. The minimum absolute atomic E-state index is 0.0487. The number of rotatable bonds is 8. The first-order valence-electron chi connectivity index (χ1n) is 11.2. The van der Waals surface area contributed by atoms with Gasteiger partial charge in [-0.05, 0) is 36.4 Å². The molecule has 0 radical (unpaired) electrons. The lowest BCUT2D eigenvalue weighted by molar-refractivity contribution is -0.114. The molecule has 1 saturated heterocycles. The highest BCUT2D eigenvalue weighted by Gasteiger charge is 2.33. The number of para-hydroxylation sites is 2. The summed E-state index contributed by atoms with van der Waals surface area (Å²) in [4.78, 5) is 22.6. The van der Waals surface area contributed by atoms with E-state index in [0.29, 0.717) is 43.0 Å². The molecule has 10 nitrogen and oxygen atoms in total. The van der Waals surface area contributed by atoms with Crippen molar-refractivity contribution in [2.24, 2.45) is 0 Å². The van der Waals surface area contributed by atoms with Crippen molar-refractivity contribution >= 4 is 38.3 Å². The van der Waals surface area contributed by atoms with Gasteiger partial charge in [0.25, 0.3) is 0 Å². The molecule has 0 aliphatic carbocycles. The van der Waals surface area contributed by atoms with Crippen LogP contribution >= 0.6 is 0 Å². The summed E-state index contributed by atoms with van der Waals surface area (Å²) in [7, 11) is -4.13. The molecule has 1 amide bonds. The van der Waals surface area contributed by atoms with E-state index < -0.39 is 15.1 Å². The van der Waals surface area contributed by atoms with Crippen molar-refractivity contribution in [3.05, 3.63) is 54.2 Å². The Hall–Kier alpha value is -3.59. The molecule has 1 aliphatic heterocycles. The largest absolute Gasteiger partial charge is 0.379 e. The third-order valence-electron chi connectivity index (χ3n) is 5.60. The molecular formula is C24H26N6O4S. The van der Waals surface area contributed by atoms with Crippen LogP contribution in [0.3, 0.4) is 0 Å². The summed E-state index contributed by atoms with van der Waals surface area (Å²) in [5.74, 6) is -0.00306. The molecule has 0 spiro atoms. The SMILES string of the molecule is CC(=O)Nc1ccc(S(=O)(=O)C(C#N)c2nc3ccccc3nc2NCCN2CCOCC2)cc1. The highest BCUT2D eigenvalue weighted by Crippen LogP contribution is 2.32. The van der Waals surface area contributed by atoms with Crippen molar-refractivity contribution in [2.45, 2.75) is 17.1 Å². The van der Waals surface area contributed by atoms with Gasteiger partial charge in [-0.25, -0.2) is 18.4 Å². The van der Waals surface area contributed by atoms with E-state index in [1.54, 1.807) is 18.2 Å². The van der Waals surface area contributed by atoms with Crippen LogP contribution in [0.25, 0.3) is 11.0 Å². The second-order valence-electron chi connectivity index (χ2n) is 8.09. The summed E-state index contributed by atoms with van der Waals surface area (Å²) >= 11 is 0. The van der Waals surface area contributed by atoms with Gasteiger partial charge in [0.2, 0.25) is 15.7 Å². The molecule has 11 heteroatoms. The van der Waals surface area contributed by atoms with Crippen molar-refractivity contribution in [1.29, 1.82) is 5.26 Å². The third-order valence-corrected chi connectivity index (χ3v) is 7.48. The molecule has 0 bridgehead atoms. The second kappa shape index (κ2) is 10.8. The van der Waals surface area contributed by atoms with Gasteiger partial charge in [-0.15, -0.1) is 0 Å². The van der Waals surface area contributed by atoms with Gasteiger partial charge in [0, 0.05) is 38.8 Å². The molecular weight excluding hydrogens is 468 g/mol. The quantitative estimate of drug-likeness (QED) is 0.483. The smallest absolute Gasteiger partial charge is 0.221 e. The Morgan fingerprint density at radius 1 is 1.11 bits per heavy atom. The lowest BCUT2D eigenvalue weighted by Gasteiger charge is -2.26. The van der Waals surface area contributed by atoms with Gasteiger partial charge in [-0.3, -0.25) is 9.69 Å². The number of benzene rings is 2. The maximum absolute atomic E-state index is 13.5. The Kier molecular flexibility index (Phi) is 7.55. The third kappa shape index (κ3) is 5.74. The monoisotopic (exact) mass is 494 g/mol. The predicted octanol–water partition coefficient (Wildman–Crippen LogP) is 2.37. The number of fused-ring (bicyclic) bond motifs is 1. The molecule has 35 heavy (non-hydrogen) atoms. The van der Waals surface area contributed by atoms with Crippen LogP contribution in [0.2, 0.25) is 0 Å². The Morgan fingerprint density at radius 2 is 1.77 bits per heavy atom. The van der Waals surface area contributed by atoms with E-state index in [9.17, 15) is 18.5 Å². The number of amides is 1. The topological polar surface area (TPSA) is 137 Å². The van der Waals surface area contributed by atoms with Gasteiger partial charge in [-0.1, -0.05) is 12.1 Å². The maximum Gasteiger partial charge on any atom is 0.221 e. The standard InChI is InChI=1S/C24H26N6O4S/c1-17(31)27-18-6-8-19(9-7-18)35(32,33)22(16-25)23-24(26-10-11-30-12-14-34-15-13-30)29-21-5-3-2-4-20(21)28-23/h2-9,22H,10-15H2,1H3,(H,26,29)(H,27,31). The van der Waals surface area contributed by atoms with Crippen LogP contribution < -0.4 is 10.6 Å². The molecule has 1 aliphatic rings. The number of nitrogens with one attached hydrogen (secondary N) is 2. The lowest BCUT2D eigenvalue weighted by Crippen LogP contribution is -2.39. The number of anilines is 2. The number of hydrogen-bond acceptors (Lipinski definition) is 9. The zero-order chi connectivity index (χ0) is 24.8.